The molecule has 5 rings (SSSR count). The van der Waals surface area contributed by atoms with E-state index < -0.39 is 10.0 Å². The standard InChI is InChI=1S/C24H31N5O2S/c1-28-14-9-19(10-15-28)26-17-20-16-23-22(8-11-25-24(23)27-20)18-4-6-21(7-5-18)32(30,31)29-12-2-3-13-29/h4-8,11,16,19,26H,2-3,9-10,12-15,17H2,1H3,(H,25,27). The van der Waals surface area contributed by atoms with Crippen LogP contribution in [0.4, 0.5) is 0 Å². The van der Waals surface area contributed by atoms with Crippen LogP contribution in [0.2, 0.25) is 0 Å². The summed E-state index contributed by atoms with van der Waals surface area (Å²) >= 11 is 0. The van der Waals surface area contributed by atoms with Crippen molar-refractivity contribution in [2.45, 2.75) is 43.2 Å². The Kier molecular flexibility index (Phi) is 6.03. The fourth-order valence-electron chi connectivity index (χ4n) is 4.78. The molecule has 0 saturated carbocycles. The largest absolute Gasteiger partial charge is 0.342 e. The van der Waals surface area contributed by atoms with Gasteiger partial charge in [0.2, 0.25) is 10.0 Å². The maximum absolute atomic E-state index is 12.8. The molecule has 0 bridgehead atoms. The molecule has 0 spiro atoms. The molecule has 2 aliphatic rings. The van der Waals surface area contributed by atoms with Gasteiger partial charge in [0.05, 0.1) is 4.90 Å². The summed E-state index contributed by atoms with van der Waals surface area (Å²) in [6.07, 6.45) is 6.03. The van der Waals surface area contributed by atoms with Crippen LogP contribution in [0.1, 0.15) is 31.4 Å². The van der Waals surface area contributed by atoms with E-state index in [1.54, 1.807) is 22.6 Å². The lowest BCUT2D eigenvalue weighted by atomic mass is 10.0. The number of piperidine rings is 1. The van der Waals surface area contributed by atoms with Gasteiger partial charge in [0.25, 0.3) is 0 Å². The first kappa shape index (κ1) is 21.6. The van der Waals surface area contributed by atoms with E-state index in [1.807, 2.05) is 18.2 Å². The second-order valence-electron chi connectivity index (χ2n) is 9.01. The monoisotopic (exact) mass is 453 g/mol. The Balaban J connectivity index is 1.35. The van der Waals surface area contributed by atoms with E-state index >= 15 is 0 Å². The summed E-state index contributed by atoms with van der Waals surface area (Å²) in [7, 11) is -1.22. The lowest BCUT2D eigenvalue weighted by Gasteiger charge is -2.29. The Hall–Kier alpha value is -2.26. The maximum Gasteiger partial charge on any atom is 0.243 e. The zero-order chi connectivity index (χ0) is 22.1. The van der Waals surface area contributed by atoms with Gasteiger partial charge in [-0.3, -0.25) is 0 Å². The second kappa shape index (κ2) is 8.94. The van der Waals surface area contributed by atoms with Gasteiger partial charge in [-0.2, -0.15) is 4.31 Å². The zero-order valence-electron chi connectivity index (χ0n) is 18.5. The lowest BCUT2D eigenvalue weighted by Crippen LogP contribution is -2.40. The highest BCUT2D eigenvalue weighted by atomic mass is 32.2. The van der Waals surface area contributed by atoms with Crippen LogP contribution in [0.3, 0.4) is 0 Å². The van der Waals surface area contributed by atoms with Crippen molar-refractivity contribution in [3.63, 3.8) is 0 Å². The van der Waals surface area contributed by atoms with E-state index in [0.29, 0.717) is 24.0 Å². The number of aromatic nitrogens is 2. The van der Waals surface area contributed by atoms with Crippen LogP contribution in [0, 0.1) is 0 Å². The molecule has 0 atom stereocenters. The fraction of sp³-hybridized carbons (Fsp3) is 0.458. The molecule has 2 aliphatic heterocycles. The van der Waals surface area contributed by atoms with Crippen molar-refractivity contribution in [2.75, 3.05) is 33.2 Å². The lowest BCUT2D eigenvalue weighted by molar-refractivity contribution is 0.234. The van der Waals surface area contributed by atoms with E-state index in [9.17, 15) is 8.42 Å². The third-order valence-electron chi connectivity index (χ3n) is 6.76. The SMILES string of the molecule is CN1CCC(NCc2cc3c(-c4ccc(S(=O)(=O)N5CCCC5)cc4)ccnc3[nH]2)CC1. The molecule has 1 aromatic carbocycles. The van der Waals surface area contributed by atoms with Crippen LogP contribution in [-0.4, -0.2) is 66.9 Å². The molecule has 2 saturated heterocycles. The van der Waals surface area contributed by atoms with Crippen LogP contribution < -0.4 is 5.32 Å². The molecular formula is C24H31N5O2S. The first-order valence-corrected chi connectivity index (χ1v) is 12.9. The van der Waals surface area contributed by atoms with Gasteiger partial charge in [0.1, 0.15) is 5.65 Å². The Labute approximate surface area is 189 Å². The molecule has 32 heavy (non-hydrogen) atoms. The van der Waals surface area contributed by atoms with Gasteiger partial charge in [-0.25, -0.2) is 13.4 Å². The van der Waals surface area contributed by atoms with Crippen molar-refractivity contribution in [1.29, 1.82) is 0 Å². The number of nitrogens with one attached hydrogen (secondary N) is 2. The van der Waals surface area contributed by atoms with Crippen molar-refractivity contribution in [2.24, 2.45) is 0 Å². The summed E-state index contributed by atoms with van der Waals surface area (Å²) in [5, 5.41) is 4.73. The van der Waals surface area contributed by atoms with Crippen molar-refractivity contribution in [3.8, 4) is 11.1 Å². The topological polar surface area (TPSA) is 81.3 Å². The van der Waals surface area contributed by atoms with Gasteiger partial charge in [0, 0.05) is 43.0 Å². The number of pyridine rings is 1. The highest BCUT2D eigenvalue weighted by Gasteiger charge is 2.27. The van der Waals surface area contributed by atoms with E-state index in [4.69, 9.17) is 0 Å². The van der Waals surface area contributed by atoms with E-state index in [0.717, 1.165) is 60.3 Å². The number of likely N-dealkylation sites (tertiary alicyclic amines) is 1. The van der Waals surface area contributed by atoms with Gasteiger partial charge >= 0.3 is 0 Å². The molecule has 4 heterocycles. The molecule has 0 unspecified atom stereocenters. The number of aromatic amines is 1. The smallest absolute Gasteiger partial charge is 0.243 e. The van der Waals surface area contributed by atoms with Crippen molar-refractivity contribution < 1.29 is 8.42 Å². The highest BCUT2D eigenvalue weighted by Crippen LogP contribution is 2.30. The van der Waals surface area contributed by atoms with E-state index in [1.165, 1.54) is 12.8 Å². The van der Waals surface area contributed by atoms with Gasteiger partial charge in [-0.15, -0.1) is 0 Å². The molecule has 2 N–H and O–H groups in total. The predicted octanol–water partition coefficient (Wildman–Crippen LogP) is 3.20. The minimum atomic E-state index is -3.39. The zero-order valence-corrected chi connectivity index (χ0v) is 19.4. The Morgan fingerprint density at radius 1 is 1.06 bits per heavy atom. The fourth-order valence-corrected chi connectivity index (χ4v) is 6.30. The van der Waals surface area contributed by atoms with Crippen molar-refractivity contribution in [3.05, 3.63) is 48.3 Å². The Morgan fingerprint density at radius 2 is 1.78 bits per heavy atom. The molecule has 3 aromatic rings. The van der Waals surface area contributed by atoms with Crippen LogP contribution in [0.15, 0.2) is 47.5 Å². The third-order valence-corrected chi connectivity index (χ3v) is 8.67. The second-order valence-corrected chi connectivity index (χ2v) is 10.9. The van der Waals surface area contributed by atoms with Gasteiger partial charge < -0.3 is 15.2 Å². The predicted molar refractivity (Wildman–Crippen MR) is 127 cm³/mol. The maximum atomic E-state index is 12.8. The van der Waals surface area contributed by atoms with Gasteiger partial charge in [-0.1, -0.05) is 12.1 Å². The average molecular weight is 454 g/mol. The molecule has 7 nitrogen and oxygen atoms in total. The molecule has 2 aromatic heterocycles. The molecule has 0 aliphatic carbocycles. The first-order valence-electron chi connectivity index (χ1n) is 11.5. The molecule has 0 amide bonds. The van der Waals surface area contributed by atoms with Crippen LogP contribution in [0.25, 0.3) is 22.2 Å². The summed E-state index contributed by atoms with van der Waals surface area (Å²) in [6, 6.07) is 12.0. The van der Waals surface area contributed by atoms with Gasteiger partial charge in [0.15, 0.2) is 0 Å². The van der Waals surface area contributed by atoms with Gasteiger partial charge in [-0.05, 0) is 81.2 Å². The number of hydrogen-bond donors (Lipinski definition) is 2. The summed E-state index contributed by atoms with van der Waals surface area (Å²) in [4.78, 5) is 10.7. The number of fused-ring (bicyclic) bond motifs is 1. The van der Waals surface area contributed by atoms with E-state index in [-0.39, 0.29) is 0 Å². The summed E-state index contributed by atoms with van der Waals surface area (Å²) in [5.41, 5.74) is 4.03. The number of rotatable bonds is 6. The molecule has 2 fully saturated rings. The van der Waals surface area contributed by atoms with Crippen LogP contribution in [-0.2, 0) is 16.6 Å². The van der Waals surface area contributed by atoms with Crippen molar-refractivity contribution in [1.82, 2.24) is 24.5 Å². The number of H-pyrrole nitrogens is 1. The Bertz CT molecular complexity index is 1170. The number of sulfonamides is 1. The summed E-state index contributed by atoms with van der Waals surface area (Å²) < 4.78 is 27.2. The van der Waals surface area contributed by atoms with E-state index in [2.05, 4.69) is 33.3 Å². The molecule has 0 radical (unpaired) electrons. The minimum Gasteiger partial charge on any atom is -0.342 e. The third kappa shape index (κ3) is 4.32. The van der Waals surface area contributed by atoms with Crippen LogP contribution >= 0.6 is 0 Å². The first-order chi connectivity index (χ1) is 15.5. The normalized spacial score (nSPS) is 19.2. The summed E-state index contributed by atoms with van der Waals surface area (Å²) in [6.45, 7) is 4.30. The number of nitrogens with zero attached hydrogens (tertiary/aromatic N) is 3. The van der Waals surface area contributed by atoms with Crippen LogP contribution in [0.5, 0.6) is 0 Å². The quantitative estimate of drug-likeness (QED) is 0.599. The average Bonchev–Trinajstić information content (AvgIpc) is 3.49. The van der Waals surface area contributed by atoms with Crippen molar-refractivity contribution >= 4 is 21.1 Å². The number of hydrogen-bond acceptors (Lipinski definition) is 5. The molecule has 170 valence electrons. The minimum absolute atomic E-state index is 0.366. The molecular weight excluding hydrogens is 422 g/mol. The Morgan fingerprint density at radius 3 is 2.50 bits per heavy atom. The molecule has 8 heteroatoms. The number of benzene rings is 1. The highest BCUT2D eigenvalue weighted by molar-refractivity contribution is 7.89. The summed E-state index contributed by atoms with van der Waals surface area (Å²) in [5.74, 6) is 0.